The van der Waals surface area contributed by atoms with Crippen LogP contribution in [0.4, 0.5) is 0 Å². The minimum absolute atomic E-state index is 0.600. The number of hydrogen-bond donors (Lipinski definition) is 1. The molecule has 0 bridgehead atoms. The second kappa shape index (κ2) is 5.68. The van der Waals surface area contributed by atoms with E-state index in [2.05, 4.69) is 47.5 Å². The fourth-order valence-corrected chi connectivity index (χ4v) is 3.82. The molecular formula is C15H22N4S. The summed E-state index contributed by atoms with van der Waals surface area (Å²) in [7, 11) is 1.96. The number of nitrogens with zero attached hydrogens (tertiary/aromatic N) is 3. The molecule has 0 spiro atoms. The number of thiophene rings is 1. The van der Waals surface area contributed by atoms with E-state index < -0.39 is 0 Å². The lowest BCUT2D eigenvalue weighted by Gasteiger charge is -2.39. The number of aryl methyl sites for hydroxylation is 1. The van der Waals surface area contributed by atoms with Crippen LogP contribution in [0.3, 0.4) is 0 Å². The molecule has 2 aromatic heterocycles. The molecule has 0 saturated carbocycles. The van der Waals surface area contributed by atoms with Crippen molar-refractivity contribution in [3.8, 4) is 10.4 Å². The predicted octanol–water partition coefficient (Wildman–Crippen LogP) is 2.33. The third-order valence-electron chi connectivity index (χ3n) is 4.00. The van der Waals surface area contributed by atoms with E-state index in [4.69, 9.17) is 0 Å². The Morgan fingerprint density at radius 1 is 1.30 bits per heavy atom. The first-order chi connectivity index (χ1) is 9.63. The second-order valence-corrected chi connectivity index (χ2v) is 6.87. The minimum atomic E-state index is 0.600. The lowest BCUT2D eigenvalue weighted by atomic mass is 10.1. The summed E-state index contributed by atoms with van der Waals surface area (Å²) >= 11 is 1.88. The molecule has 3 heterocycles. The van der Waals surface area contributed by atoms with Gasteiger partial charge in [0.25, 0.3) is 0 Å². The fraction of sp³-hybridized carbons (Fsp3) is 0.533. The van der Waals surface area contributed by atoms with Crippen LogP contribution in [-0.2, 0) is 13.6 Å². The van der Waals surface area contributed by atoms with Crippen molar-refractivity contribution in [3.63, 3.8) is 0 Å². The van der Waals surface area contributed by atoms with Crippen molar-refractivity contribution >= 4 is 11.3 Å². The smallest absolute Gasteiger partial charge is 0.0576 e. The number of rotatable bonds is 3. The number of aromatic nitrogens is 2. The number of piperazine rings is 1. The van der Waals surface area contributed by atoms with Gasteiger partial charge in [0, 0.05) is 60.3 Å². The van der Waals surface area contributed by atoms with E-state index in [1.165, 1.54) is 15.3 Å². The van der Waals surface area contributed by atoms with Crippen LogP contribution in [0.2, 0.25) is 0 Å². The Balaban J connectivity index is 1.73. The molecule has 1 aliphatic heterocycles. The SMILES string of the molecule is C[C@@H]1CNC[C@H](C)N1Cc1ccc(-c2cnn(C)c2)s1. The maximum atomic E-state index is 4.25. The molecule has 1 saturated heterocycles. The molecule has 108 valence electrons. The van der Waals surface area contributed by atoms with Gasteiger partial charge in [0.05, 0.1) is 6.20 Å². The van der Waals surface area contributed by atoms with Gasteiger partial charge in [-0.2, -0.15) is 5.10 Å². The fourth-order valence-electron chi connectivity index (χ4n) is 2.83. The summed E-state index contributed by atoms with van der Waals surface area (Å²) in [6, 6.07) is 5.67. The van der Waals surface area contributed by atoms with Crippen molar-refractivity contribution in [1.82, 2.24) is 20.0 Å². The summed E-state index contributed by atoms with van der Waals surface area (Å²) in [6.07, 6.45) is 4.01. The van der Waals surface area contributed by atoms with Crippen molar-refractivity contribution in [1.29, 1.82) is 0 Å². The van der Waals surface area contributed by atoms with E-state index in [1.54, 1.807) is 0 Å². The summed E-state index contributed by atoms with van der Waals surface area (Å²) in [4.78, 5) is 5.34. The molecule has 2 aromatic rings. The highest BCUT2D eigenvalue weighted by molar-refractivity contribution is 7.15. The number of hydrogen-bond acceptors (Lipinski definition) is 4. The number of nitrogens with one attached hydrogen (secondary N) is 1. The molecule has 0 radical (unpaired) electrons. The zero-order valence-corrected chi connectivity index (χ0v) is 13.2. The first kappa shape index (κ1) is 13.8. The molecule has 4 nitrogen and oxygen atoms in total. The molecule has 1 fully saturated rings. The van der Waals surface area contributed by atoms with Crippen LogP contribution in [0.25, 0.3) is 10.4 Å². The van der Waals surface area contributed by atoms with E-state index >= 15 is 0 Å². The summed E-state index contributed by atoms with van der Waals surface area (Å²) in [5.41, 5.74) is 1.21. The first-order valence-corrected chi connectivity index (χ1v) is 7.99. The van der Waals surface area contributed by atoms with Gasteiger partial charge in [-0.3, -0.25) is 9.58 Å². The van der Waals surface area contributed by atoms with Crippen LogP contribution in [0, 0.1) is 0 Å². The van der Waals surface area contributed by atoms with Crippen LogP contribution < -0.4 is 5.32 Å². The van der Waals surface area contributed by atoms with Gasteiger partial charge in [0.2, 0.25) is 0 Å². The Labute approximate surface area is 124 Å². The molecule has 2 atom stereocenters. The Morgan fingerprint density at radius 2 is 2.05 bits per heavy atom. The maximum Gasteiger partial charge on any atom is 0.0576 e. The van der Waals surface area contributed by atoms with Crippen molar-refractivity contribution in [2.45, 2.75) is 32.5 Å². The zero-order chi connectivity index (χ0) is 14.1. The van der Waals surface area contributed by atoms with Gasteiger partial charge in [0.15, 0.2) is 0 Å². The van der Waals surface area contributed by atoms with Crippen molar-refractivity contribution in [2.24, 2.45) is 7.05 Å². The average Bonchev–Trinajstić information content (AvgIpc) is 3.03. The zero-order valence-electron chi connectivity index (χ0n) is 12.3. The van der Waals surface area contributed by atoms with Crippen LogP contribution >= 0.6 is 11.3 Å². The van der Waals surface area contributed by atoms with Gasteiger partial charge in [-0.1, -0.05) is 0 Å². The highest BCUT2D eigenvalue weighted by Crippen LogP contribution is 2.29. The van der Waals surface area contributed by atoms with E-state index in [1.807, 2.05) is 29.3 Å². The molecular weight excluding hydrogens is 268 g/mol. The van der Waals surface area contributed by atoms with Gasteiger partial charge >= 0.3 is 0 Å². The van der Waals surface area contributed by atoms with Crippen LogP contribution in [0.1, 0.15) is 18.7 Å². The van der Waals surface area contributed by atoms with Gasteiger partial charge in [0.1, 0.15) is 0 Å². The maximum absolute atomic E-state index is 4.25. The molecule has 5 heteroatoms. The van der Waals surface area contributed by atoms with Crippen LogP contribution in [0.15, 0.2) is 24.5 Å². The molecule has 0 aliphatic carbocycles. The molecule has 1 N–H and O–H groups in total. The molecule has 1 aliphatic rings. The van der Waals surface area contributed by atoms with E-state index in [-0.39, 0.29) is 0 Å². The Morgan fingerprint density at radius 3 is 2.70 bits per heavy atom. The largest absolute Gasteiger partial charge is 0.314 e. The van der Waals surface area contributed by atoms with Crippen LogP contribution in [0.5, 0.6) is 0 Å². The normalized spacial score (nSPS) is 24.1. The van der Waals surface area contributed by atoms with Gasteiger partial charge in [-0.05, 0) is 26.0 Å². The third kappa shape index (κ3) is 2.80. The summed E-state index contributed by atoms with van der Waals surface area (Å²) in [5.74, 6) is 0. The van der Waals surface area contributed by atoms with Crippen LogP contribution in [-0.4, -0.2) is 39.9 Å². The van der Waals surface area contributed by atoms with Gasteiger partial charge < -0.3 is 5.32 Å². The standard InChI is InChI=1S/C15H22N4S/c1-11-6-16-7-12(2)19(11)10-14-4-5-15(20-14)13-8-17-18(3)9-13/h4-5,8-9,11-12,16H,6-7,10H2,1-3H3/t11-,12+. The van der Waals surface area contributed by atoms with Gasteiger partial charge in [-0.25, -0.2) is 0 Å². The van der Waals surface area contributed by atoms with Gasteiger partial charge in [-0.15, -0.1) is 11.3 Å². The monoisotopic (exact) mass is 290 g/mol. The van der Waals surface area contributed by atoms with Crippen molar-refractivity contribution < 1.29 is 0 Å². The lowest BCUT2D eigenvalue weighted by molar-refractivity contribution is 0.110. The van der Waals surface area contributed by atoms with E-state index in [0.717, 1.165) is 19.6 Å². The lowest BCUT2D eigenvalue weighted by Crippen LogP contribution is -2.54. The topological polar surface area (TPSA) is 33.1 Å². The summed E-state index contributed by atoms with van der Waals surface area (Å²) in [5, 5.41) is 7.73. The quantitative estimate of drug-likeness (QED) is 0.942. The minimum Gasteiger partial charge on any atom is -0.314 e. The third-order valence-corrected chi connectivity index (χ3v) is 5.12. The molecule has 0 unspecified atom stereocenters. The molecule has 20 heavy (non-hydrogen) atoms. The molecule has 0 aromatic carbocycles. The Hall–Kier alpha value is -1.17. The summed E-state index contributed by atoms with van der Waals surface area (Å²) in [6.45, 7) is 7.84. The molecule has 3 rings (SSSR count). The van der Waals surface area contributed by atoms with E-state index in [9.17, 15) is 0 Å². The Bertz CT molecular complexity index is 564. The second-order valence-electron chi connectivity index (χ2n) is 5.70. The predicted molar refractivity (Wildman–Crippen MR) is 83.9 cm³/mol. The van der Waals surface area contributed by atoms with Crippen molar-refractivity contribution in [3.05, 3.63) is 29.4 Å². The summed E-state index contributed by atoms with van der Waals surface area (Å²) < 4.78 is 1.86. The van der Waals surface area contributed by atoms with E-state index in [0.29, 0.717) is 12.1 Å². The highest BCUT2D eigenvalue weighted by atomic mass is 32.1. The molecule has 0 amide bonds. The average molecular weight is 290 g/mol. The first-order valence-electron chi connectivity index (χ1n) is 7.17. The Kier molecular flexibility index (Phi) is 3.92. The highest BCUT2D eigenvalue weighted by Gasteiger charge is 2.24. The van der Waals surface area contributed by atoms with Crippen molar-refractivity contribution in [2.75, 3.05) is 13.1 Å².